The number of carbonyl (C=O) groups is 1. The summed E-state index contributed by atoms with van der Waals surface area (Å²) in [5, 5.41) is 9.20. The molecule has 0 spiro atoms. The van der Waals surface area contributed by atoms with Crippen molar-refractivity contribution in [2.24, 2.45) is 5.92 Å². The molecule has 2 fully saturated rings. The molecule has 0 bridgehead atoms. The summed E-state index contributed by atoms with van der Waals surface area (Å²) < 4.78 is 5.51. The Morgan fingerprint density at radius 2 is 2.24 bits per heavy atom. The average Bonchev–Trinajstić information content (AvgIpc) is 2.76. The second-order valence-corrected chi connectivity index (χ2v) is 5.44. The first-order valence-electron chi connectivity index (χ1n) is 6.69. The molecule has 1 unspecified atom stereocenters. The van der Waals surface area contributed by atoms with Crippen LogP contribution in [-0.2, 0) is 9.53 Å². The molecule has 1 heterocycles. The van der Waals surface area contributed by atoms with Gasteiger partial charge in [-0.15, -0.1) is 0 Å². The van der Waals surface area contributed by atoms with Gasteiger partial charge in [-0.1, -0.05) is 0 Å². The Balaban J connectivity index is 1.61. The second-order valence-electron chi connectivity index (χ2n) is 5.44. The first kappa shape index (κ1) is 12.8. The summed E-state index contributed by atoms with van der Waals surface area (Å²) in [6, 6.07) is 0. The molecule has 0 radical (unpaired) electrons. The predicted octanol–water partition coefficient (Wildman–Crippen LogP) is 1.17. The molecule has 0 aromatic carbocycles. The Bertz CT molecular complexity index is 257. The lowest BCUT2D eigenvalue weighted by Gasteiger charge is -2.34. The summed E-state index contributed by atoms with van der Waals surface area (Å²) in [5.74, 6) is 0.712. The number of aliphatic hydroxyl groups excluding tert-OH is 1. The molecular formula is C13H23NO3. The molecule has 1 N–H and O–H groups in total. The Kier molecular flexibility index (Phi) is 4.40. The number of rotatable bonds is 5. The van der Waals surface area contributed by atoms with E-state index in [0.717, 1.165) is 45.3 Å². The maximum Gasteiger partial charge on any atom is 0.222 e. The zero-order chi connectivity index (χ0) is 12.3. The van der Waals surface area contributed by atoms with Crippen molar-refractivity contribution >= 4 is 5.91 Å². The van der Waals surface area contributed by atoms with E-state index in [1.165, 1.54) is 0 Å². The highest BCUT2D eigenvalue weighted by atomic mass is 16.5. The Labute approximate surface area is 103 Å². The summed E-state index contributed by atoms with van der Waals surface area (Å²) in [6.45, 7) is 1.65. The van der Waals surface area contributed by atoms with Gasteiger partial charge in [-0.2, -0.15) is 0 Å². The maximum absolute atomic E-state index is 11.9. The quantitative estimate of drug-likeness (QED) is 0.786. The van der Waals surface area contributed by atoms with Crippen LogP contribution in [0.3, 0.4) is 0 Å². The minimum Gasteiger partial charge on any atom is -0.393 e. The van der Waals surface area contributed by atoms with Gasteiger partial charge in [0.2, 0.25) is 5.91 Å². The number of hydrogen-bond acceptors (Lipinski definition) is 3. The number of hydrogen-bond donors (Lipinski definition) is 1. The van der Waals surface area contributed by atoms with Crippen LogP contribution in [0.1, 0.15) is 38.5 Å². The minimum atomic E-state index is -0.129. The van der Waals surface area contributed by atoms with Gasteiger partial charge in [0.1, 0.15) is 0 Å². The van der Waals surface area contributed by atoms with Crippen LogP contribution >= 0.6 is 0 Å². The van der Waals surface area contributed by atoms with Crippen molar-refractivity contribution < 1.29 is 14.6 Å². The molecule has 1 saturated heterocycles. The van der Waals surface area contributed by atoms with Gasteiger partial charge in [0.25, 0.3) is 0 Å². The molecule has 0 aromatic heterocycles. The largest absolute Gasteiger partial charge is 0.393 e. The first-order valence-corrected chi connectivity index (χ1v) is 6.69. The normalized spacial score (nSPS) is 32.2. The van der Waals surface area contributed by atoms with Crippen LogP contribution < -0.4 is 0 Å². The van der Waals surface area contributed by atoms with Gasteiger partial charge >= 0.3 is 0 Å². The van der Waals surface area contributed by atoms with Crippen LogP contribution in [0, 0.1) is 5.92 Å². The standard InChI is InChI=1S/C13H23NO3/c1-14(9-10-7-11(15)8-10)13(16)5-4-12-3-2-6-17-12/h10-12,15H,2-9H2,1H3. The number of amides is 1. The van der Waals surface area contributed by atoms with Gasteiger partial charge < -0.3 is 14.7 Å². The average molecular weight is 241 g/mol. The third-order valence-electron chi connectivity index (χ3n) is 3.87. The number of ether oxygens (including phenoxy) is 1. The van der Waals surface area contributed by atoms with E-state index in [2.05, 4.69) is 0 Å². The Morgan fingerprint density at radius 1 is 1.47 bits per heavy atom. The smallest absolute Gasteiger partial charge is 0.222 e. The molecule has 1 aliphatic carbocycles. The molecule has 1 saturated carbocycles. The lowest BCUT2D eigenvalue weighted by atomic mass is 9.82. The van der Waals surface area contributed by atoms with E-state index in [4.69, 9.17) is 4.74 Å². The van der Waals surface area contributed by atoms with Gasteiger partial charge in [-0.3, -0.25) is 4.79 Å². The molecule has 2 aliphatic rings. The van der Waals surface area contributed by atoms with Crippen LogP contribution in [0.4, 0.5) is 0 Å². The van der Waals surface area contributed by atoms with E-state index in [1.54, 1.807) is 0 Å². The van der Waals surface area contributed by atoms with Crippen molar-refractivity contribution in [1.82, 2.24) is 4.90 Å². The molecule has 2 rings (SSSR count). The van der Waals surface area contributed by atoms with Crippen molar-refractivity contribution in [1.29, 1.82) is 0 Å². The van der Waals surface area contributed by atoms with Crippen molar-refractivity contribution in [2.45, 2.75) is 50.7 Å². The monoisotopic (exact) mass is 241 g/mol. The van der Waals surface area contributed by atoms with E-state index >= 15 is 0 Å². The van der Waals surface area contributed by atoms with E-state index in [-0.39, 0.29) is 12.0 Å². The van der Waals surface area contributed by atoms with Crippen molar-refractivity contribution in [3.63, 3.8) is 0 Å². The third-order valence-corrected chi connectivity index (χ3v) is 3.87. The van der Waals surface area contributed by atoms with Gasteiger partial charge in [-0.05, 0) is 38.0 Å². The minimum absolute atomic E-state index is 0.129. The molecule has 1 amide bonds. The maximum atomic E-state index is 11.9. The molecule has 98 valence electrons. The Morgan fingerprint density at radius 3 is 2.82 bits per heavy atom. The lowest BCUT2D eigenvalue weighted by molar-refractivity contribution is -0.132. The van der Waals surface area contributed by atoms with Crippen LogP contribution in [0.15, 0.2) is 0 Å². The predicted molar refractivity (Wildman–Crippen MR) is 64.6 cm³/mol. The topological polar surface area (TPSA) is 49.8 Å². The van der Waals surface area contributed by atoms with Crippen LogP contribution in [-0.4, -0.2) is 48.3 Å². The van der Waals surface area contributed by atoms with Gasteiger partial charge in [0.15, 0.2) is 0 Å². The fraction of sp³-hybridized carbons (Fsp3) is 0.923. The summed E-state index contributed by atoms with van der Waals surface area (Å²) in [7, 11) is 1.86. The van der Waals surface area contributed by atoms with E-state index < -0.39 is 0 Å². The van der Waals surface area contributed by atoms with Crippen LogP contribution in [0.25, 0.3) is 0 Å². The zero-order valence-corrected chi connectivity index (χ0v) is 10.6. The highest BCUT2D eigenvalue weighted by Crippen LogP contribution is 2.27. The molecule has 4 heteroatoms. The van der Waals surface area contributed by atoms with E-state index in [9.17, 15) is 9.90 Å². The van der Waals surface area contributed by atoms with Crippen LogP contribution in [0.5, 0.6) is 0 Å². The summed E-state index contributed by atoms with van der Waals surface area (Å²) in [5.41, 5.74) is 0. The fourth-order valence-electron chi connectivity index (χ4n) is 2.69. The summed E-state index contributed by atoms with van der Waals surface area (Å²) >= 11 is 0. The second kappa shape index (κ2) is 5.83. The zero-order valence-electron chi connectivity index (χ0n) is 10.6. The lowest BCUT2D eigenvalue weighted by Crippen LogP contribution is -2.39. The summed E-state index contributed by atoms with van der Waals surface area (Å²) in [4.78, 5) is 13.7. The number of aliphatic hydroxyl groups is 1. The number of carbonyl (C=O) groups excluding carboxylic acids is 1. The number of nitrogens with zero attached hydrogens (tertiary/aromatic N) is 1. The molecule has 0 aromatic rings. The van der Waals surface area contributed by atoms with E-state index in [0.29, 0.717) is 18.4 Å². The molecule has 4 nitrogen and oxygen atoms in total. The van der Waals surface area contributed by atoms with Gasteiger partial charge in [0.05, 0.1) is 12.2 Å². The van der Waals surface area contributed by atoms with Crippen LogP contribution in [0.2, 0.25) is 0 Å². The van der Waals surface area contributed by atoms with Gasteiger partial charge in [0, 0.05) is 26.6 Å². The molecule has 1 atom stereocenters. The van der Waals surface area contributed by atoms with Crippen molar-refractivity contribution in [3.05, 3.63) is 0 Å². The molecular weight excluding hydrogens is 218 g/mol. The summed E-state index contributed by atoms with van der Waals surface area (Å²) in [6.07, 6.45) is 5.56. The van der Waals surface area contributed by atoms with Gasteiger partial charge in [-0.25, -0.2) is 0 Å². The third kappa shape index (κ3) is 3.68. The van der Waals surface area contributed by atoms with Crippen molar-refractivity contribution in [3.8, 4) is 0 Å². The molecule has 17 heavy (non-hydrogen) atoms. The van der Waals surface area contributed by atoms with Crippen molar-refractivity contribution in [2.75, 3.05) is 20.2 Å². The first-order chi connectivity index (χ1) is 8.15. The molecule has 1 aliphatic heterocycles. The highest BCUT2D eigenvalue weighted by Gasteiger charge is 2.29. The highest BCUT2D eigenvalue weighted by molar-refractivity contribution is 5.75. The van der Waals surface area contributed by atoms with E-state index in [1.807, 2.05) is 11.9 Å². The fourth-order valence-corrected chi connectivity index (χ4v) is 2.69. The SMILES string of the molecule is CN(CC1CC(O)C1)C(=O)CCC1CCCO1. The Hall–Kier alpha value is -0.610.